The summed E-state index contributed by atoms with van der Waals surface area (Å²) < 4.78 is 13.4. The number of rotatable bonds is 6. The highest BCUT2D eigenvalue weighted by Gasteiger charge is 2.29. The van der Waals surface area contributed by atoms with Crippen LogP contribution >= 0.6 is 0 Å². The number of oxime groups is 1. The Balaban J connectivity index is 1.64. The van der Waals surface area contributed by atoms with Gasteiger partial charge in [0, 0.05) is 36.3 Å². The Morgan fingerprint density at radius 3 is 2.64 bits per heavy atom. The molecule has 7 heteroatoms. The number of halogens is 1. The maximum atomic E-state index is 13.4. The number of anilines is 1. The van der Waals surface area contributed by atoms with Crippen LogP contribution in [-0.4, -0.2) is 41.6 Å². The summed E-state index contributed by atoms with van der Waals surface area (Å²) in [5.74, 6) is -0.833. The molecule has 2 aromatic carbocycles. The molecule has 1 heterocycles. The molecule has 1 atom stereocenters. The van der Waals surface area contributed by atoms with E-state index in [1.807, 2.05) is 13.8 Å². The summed E-state index contributed by atoms with van der Waals surface area (Å²) in [6.45, 7) is 5.06. The van der Waals surface area contributed by atoms with Crippen molar-refractivity contribution in [1.29, 1.82) is 0 Å². The second-order valence-corrected chi connectivity index (χ2v) is 6.39. The van der Waals surface area contributed by atoms with Crippen LogP contribution < -0.4 is 5.32 Å². The number of nitrogens with one attached hydrogen (secondary N) is 1. The fraction of sp³-hybridized carbons (Fsp3) is 0.286. The van der Waals surface area contributed by atoms with Crippen molar-refractivity contribution in [3.63, 3.8) is 0 Å². The number of hydrogen-bond acceptors (Lipinski definition) is 4. The molecule has 2 aromatic rings. The Morgan fingerprint density at radius 2 is 1.93 bits per heavy atom. The van der Waals surface area contributed by atoms with Gasteiger partial charge in [-0.3, -0.25) is 9.59 Å². The van der Waals surface area contributed by atoms with E-state index in [2.05, 4.69) is 10.5 Å². The molecular formula is C21H22FN3O3. The smallest absolute Gasteiger partial charge is 0.268 e. The van der Waals surface area contributed by atoms with Crippen LogP contribution in [0.5, 0.6) is 0 Å². The van der Waals surface area contributed by atoms with Gasteiger partial charge in [-0.25, -0.2) is 4.39 Å². The van der Waals surface area contributed by atoms with Crippen molar-refractivity contribution in [1.82, 2.24) is 4.90 Å². The Bertz CT molecular complexity index is 909. The minimum atomic E-state index is -0.805. The third-order valence-corrected chi connectivity index (χ3v) is 4.55. The number of benzene rings is 2. The Morgan fingerprint density at radius 1 is 1.18 bits per heavy atom. The van der Waals surface area contributed by atoms with E-state index >= 15 is 0 Å². The van der Waals surface area contributed by atoms with Crippen molar-refractivity contribution in [3.8, 4) is 0 Å². The van der Waals surface area contributed by atoms with Crippen LogP contribution in [0.15, 0.2) is 53.7 Å². The van der Waals surface area contributed by atoms with Gasteiger partial charge < -0.3 is 15.1 Å². The molecule has 0 spiro atoms. The number of amides is 2. The highest BCUT2D eigenvalue weighted by molar-refractivity contribution is 6.06. The van der Waals surface area contributed by atoms with E-state index in [1.54, 1.807) is 41.3 Å². The van der Waals surface area contributed by atoms with Crippen LogP contribution in [0.3, 0.4) is 0 Å². The van der Waals surface area contributed by atoms with Crippen LogP contribution in [0.1, 0.15) is 36.2 Å². The molecule has 1 aliphatic heterocycles. The zero-order chi connectivity index (χ0) is 20.1. The molecule has 28 heavy (non-hydrogen) atoms. The zero-order valence-corrected chi connectivity index (χ0v) is 15.8. The average Bonchev–Trinajstić information content (AvgIpc) is 3.19. The van der Waals surface area contributed by atoms with E-state index in [1.165, 1.54) is 12.1 Å². The third kappa shape index (κ3) is 4.36. The topological polar surface area (TPSA) is 71.0 Å². The van der Waals surface area contributed by atoms with Gasteiger partial charge in [-0.1, -0.05) is 23.4 Å². The van der Waals surface area contributed by atoms with E-state index in [-0.39, 0.29) is 24.1 Å². The lowest BCUT2D eigenvalue weighted by atomic mass is 10.0. The van der Waals surface area contributed by atoms with Crippen LogP contribution in [0.4, 0.5) is 10.1 Å². The van der Waals surface area contributed by atoms with E-state index in [0.717, 1.165) is 0 Å². The number of carbonyl (C=O) groups is 2. The van der Waals surface area contributed by atoms with Gasteiger partial charge >= 0.3 is 0 Å². The molecule has 146 valence electrons. The lowest BCUT2D eigenvalue weighted by Crippen LogP contribution is -2.31. The van der Waals surface area contributed by atoms with E-state index in [0.29, 0.717) is 35.6 Å². The molecule has 1 aliphatic rings. The molecule has 0 bridgehead atoms. The lowest BCUT2D eigenvalue weighted by Gasteiger charge is -2.19. The molecule has 0 saturated carbocycles. The summed E-state index contributed by atoms with van der Waals surface area (Å²) >= 11 is 0. The standard InChI is InChI=1S/C21H22FN3O3/c1-3-25(4-2)21(27)15-8-6-10-17(12-15)23-20(26)19-13-18(24-28-19)14-7-5-9-16(22)11-14/h5-12,19H,3-4,13H2,1-2H3,(H,23,26). The minimum Gasteiger partial charge on any atom is -0.382 e. The fourth-order valence-electron chi connectivity index (χ4n) is 3.00. The SMILES string of the molecule is CCN(CC)C(=O)c1cccc(NC(=O)C2CC(c3cccc(F)c3)=NO2)c1. The second kappa shape index (κ2) is 8.65. The van der Waals surface area contributed by atoms with Gasteiger partial charge in [0.05, 0.1) is 5.71 Å². The van der Waals surface area contributed by atoms with Crippen molar-refractivity contribution in [2.24, 2.45) is 5.16 Å². The fourth-order valence-corrected chi connectivity index (χ4v) is 3.00. The molecule has 2 amide bonds. The molecule has 1 N–H and O–H groups in total. The predicted octanol–water partition coefficient (Wildman–Crippen LogP) is 3.44. The summed E-state index contributed by atoms with van der Waals surface area (Å²) in [6.07, 6.45) is -0.562. The van der Waals surface area contributed by atoms with Gasteiger partial charge in [0.2, 0.25) is 6.10 Å². The summed E-state index contributed by atoms with van der Waals surface area (Å²) in [6, 6.07) is 12.8. The van der Waals surface area contributed by atoms with Gasteiger partial charge in [0.25, 0.3) is 11.8 Å². The van der Waals surface area contributed by atoms with Crippen LogP contribution in [0.2, 0.25) is 0 Å². The van der Waals surface area contributed by atoms with Crippen molar-refractivity contribution in [3.05, 3.63) is 65.5 Å². The van der Waals surface area contributed by atoms with Crippen molar-refractivity contribution in [2.75, 3.05) is 18.4 Å². The lowest BCUT2D eigenvalue weighted by molar-refractivity contribution is -0.125. The first-order valence-corrected chi connectivity index (χ1v) is 9.20. The second-order valence-electron chi connectivity index (χ2n) is 6.39. The molecule has 3 rings (SSSR count). The molecule has 0 saturated heterocycles. The number of nitrogens with zero attached hydrogens (tertiary/aromatic N) is 2. The molecule has 0 radical (unpaired) electrons. The maximum Gasteiger partial charge on any atom is 0.268 e. The van der Waals surface area contributed by atoms with Crippen LogP contribution in [-0.2, 0) is 9.63 Å². The first kappa shape index (κ1) is 19.5. The van der Waals surface area contributed by atoms with E-state index in [4.69, 9.17) is 4.84 Å². The predicted molar refractivity (Wildman–Crippen MR) is 105 cm³/mol. The quantitative estimate of drug-likeness (QED) is 0.831. The molecule has 6 nitrogen and oxygen atoms in total. The van der Waals surface area contributed by atoms with Gasteiger partial charge in [0.1, 0.15) is 5.82 Å². The normalized spacial score (nSPS) is 15.5. The molecule has 0 fully saturated rings. The number of hydrogen-bond donors (Lipinski definition) is 1. The number of carbonyl (C=O) groups excluding carboxylic acids is 2. The van der Waals surface area contributed by atoms with Gasteiger partial charge in [-0.2, -0.15) is 0 Å². The van der Waals surface area contributed by atoms with Crippen molar-refractivity contribution >= 4 is 23.2 Å². The highest BCUT2D eigenvalue weighted by Crippen LogP contribution is 2.20. The van der Waals surface area contributed by atoms with E-state index in [9.17, 15) is 14.0 Å². The highest BCUT2D eigenvalue weighted by atomic mass is 19.1. The van der Waals surface area contributed by atoms with Gasteiger partial charge in [0.15, 0.2) is 0 Å². The zero-order valence-electron chi connectivity index (χ0n) is 15.8. The van der Waals surface area contributed by atoms with Crippen LogP contribution in [0, 0.1) is 5.82 Å². The third-order valence-electron chi connectivity index (χ3n) is 4.55. The molecule has 0 aromatic heterocycles. The summed E-state index contributed by atoms with van der Waals surface area (Å²) in [5, 5.41) is 6.67. The first-order valence-electron chi connectivity index (χ1n) is 9.20. The Labute approximate surface area is 163 Å². The summed E-state index contributed by atoms with van der Waals surface area (Å²) in [7, 11) is 0. The summed E-state index contributed by atoms with van der Waals surface area (Å²) in [5.41, 5.74) is 2.11. The first-order chi connectivity index (χ1) is 13.5. The maximum absolute atomic E-state index is 13.4. The summed E-state index contributed by atoms with van der Waals surface area (Å²) in [4.78, 5) is 31.9. The van der Waals surface area contributed by atoms with E-state index < -0.39 is 6.10 Å². The monoisotopic (exact) mass is 383 g/mol. The molecular weight excluding hydrogens is 361 g/mol. The minimum absolute atomic E-state index is 0.0880. The largest absolute Gasteiger partial charge is 0.382 e. The van der Waals surface area contributed by atoms with Crippen molar-refractivity contribution in [2.45, 2.75) is 26.4 Å². The van der Waals surface area contributed by atoms with Gasteiger partial charge in [-0.15, -0.1) is 0 Å². The molecule has 1 unspecified atom stereocenters. The average molecular weight is 383 g/mol. The van der Waals surface area contributed by atoms with Crippen LogP contribution in [0.25, 0.3) is 0 Å². The van der Waals surface area contributed by atoms with Gasteiger partial charge in [-0.05, 0) is 44.2 Å². The Kier molecular flexibility index (Phi) is 6.03. The Hall–Kier alpha value is -3.22. The molecule has 0 aliphatic carbocycles. The van der Waals surface area contributed by atoms with Crippen molar-refractivity contribution < 1.29 is 18.8 Å².